The zero-order valence-electron chi connectivity index (χ0n) is 9.98. The summed E-state index contributed by atoms with van der Waals surface area (Å²) in [5.41, 5.74) is 1.45. The molecule has 0 radical (unpaired) electrons. The number of nitrogens with zero attached hydrogens (tertiary/aromatic N) is 3. The van der Waals surface area contributed by atoms with E-state index in [2.05, 4.69) is 16.4 Å². The van der Waals surface area contributed by atoms with Crippen molar-refractivity contribution in [1.82, 2.24) is 15.0 Å². The molecule has 2 heterocycles. The van der Waals surface area contributed by atoms with Crippen molar-refractivity contribution >= 4 is 28.3 Å². The molecule has 0 amide bonds. The van der Waals surface area contributed by atoms with Crippen molar-refractivity contribution < 1.29 is 9.90 Å². The molecular weight excluding hydrogens is 262 g/mol. The van der Waals surface area contributed by atoms with E-state index in [0.29, 0.717) is 17.6 Å². The van der Waals surface area contributed by atoms with E-state index in [1.165, 1.54) is 4.88 Å². The molecule has 0 bridgehead atoms. The Morgan fingerprint density at radius 3 is 2.95 bits per heavy atom. The molecule has 0 aliphatic carbocycles. The van der Waals surface area contributed by atoms with Gasteiger partial charge >= 0.3 is 5.97 Å². The molecule has 96 valence electrons. The average molecular weight is 273 g/mol. The summed E-state index contributed by atoms with van der Waals surface area (Å²) >= 11 is 1.68. The maximum atomic E-state index is 11.2. The summed E-state index contributed by atoms with van der Waals surface area (Å²) in [6.07, 6.45) is 0.823. The SMILES string of the molecule is O=C(O)c1cccc2nnn(CCc3cccs3)c12. The third-order valence-corrected chi connectivity index (χ3v) is 3.85. The smallest absolute Gasteiger partial charge is 0.337 e. The number of hydrogen-bond donors (Lipinski definition) is 1. The molecule has 3 rings (SSSR count). The molecule has 1 aromatic carbocycles. The Bertz CT molecular complexity index is 719. The fourth-order valence-electron chi connectivity index (χ4n) is 2.03. The van der Waals surface area contributed by atoms with Crippen LogP contribution in [-0.4, -0.2) is 26.1 Å². The van der Waals surface area contributed by atoms with Gasteiger partial charge in [-0.3, -0.25) is 0 Å². The van der Waals surface area contributed by atoms with Crippen molar-refractivity contribution in [3.63, 3.8) is 0 Å². The molecule has 0 saturated heterocycles. The Kier molecular flexibility index (Phi) is 3.00. The monoisotopic (exact) mass is 273 g/mol. The highest BCUT2D eigenvalue weighted by atomic mass is 32.1. The van der Waals surface area contributed by atoms with Gasteiger partial charge in [-0.25, -0.2) is 9.48 Å². The van der Waals surface area contributed by atoms with Gasteiger partial charge in [-0.2, -0.15) is 0 Å². The first kappa shape index (κ1) is 11.9. The standard InChI is InChI=1S/C13H11N3O2S/c17-13(18)10-4-1-5-11-12(10)16(15-14-11)7-6-9-3-2-8-19-9/h1-5,8H,6-7H2,(H,17,18). The quantitative estimate of drug-likeness (QED) is 0.792. The average Bonchev–Trinajstić information content (AvgIpc) is 3.05. The van der Waals surface area contributed by atoms with Gasteiger partial charge in [0.05, 0.1) is 5.56 Å². The maximum Gasteiger partial charge on any atom is 0.337 e. The summed E-state index contributed by atoms with van der Waals surface area (Å²) in [7, 11) is 0. The number of carboxylic acid groups (broad SMARTS) is 1. The van der Waals surface area contributed by atoms with Gasteiger partial charge in [-0.05, 0) is 23.6 Å². The third kappa shape index (κ3) is 2.22. The minimum absolute atomic E-state index is 0.244. The molecule has 19 heavy (non-hydrogen) atoms. The van der Waals surface area contributed by atoms with Crippen LogP contribution >= 0.6 is 11.3 Å². The summed E-state index contributed by atoms with van der Waals surface area (Å²) in [5.74, 6) is -0.953. The molecule has 0 spiro atoms. The molecule has 6 heteroatoms. The van der Waals surface area contributed by atoms with Crippen LogP contribution in [0, 0.1) is 0 Å². The largest absolute Gasteiger partial charge is 0.478 e. The van der Waals surface area contributed by atoms with Crippen molar-refractivity contribution in [3.05, 3.63) is 46.2 Å². The van der Waals surface area contributed by atoms with Crippen molar-refractivity contribution in [3.8, 4) is 0 Å². The predicted molar refractivity (Wildman–Crippen MR) is 72.5 cm³/mol. The van der Waals surface area contributed by atoms with Crippen LogP contribution in [0.1, 0.15) is 15.2 Å². The summed E-state index contributed by atoms with van der Waals surface area (Å²) in [4.78, 5) is 12.5. The van der Waals surface area contributed by atoms with E-state index in [4.69, 9.17) is 0 Å². The number of aryl methyl sites for hydroxylation is 2. The number of fused-ring (bicyclic) bond motifs is 1. The maximum absolute atomic E-state index is 11.2. The van der Waals surface area contributed by atoms with Gasteiger partial charge in [-0.15, -0.1) is 16.4 Å². The van der Waals surface area contributed by atoms with Crippen LogP contribution in [0.25, 0.3) is 11.0 Å². The number of hydrogen-bond acceptors (Lipinski definition) is 4. The Hall–Kier alpha value is -2.21. The van der Waals surface area contributed by atoms with Crippen molar-refractivity contribution in [2.24, 2.45) is 0 Å². The first-order valence-electron chi connectivity index (χ1n) is 5.83. The van der Waals surface area contributed by atoms with E-state index in [9.17, 15) is 9.90 Å². The first-order valence-corrected chi connectivity index (χ1v) is 6.71. The van der Waals surface area contributed by atoms with Crippen LogP contribution < -0.4 is 0 Å². The number of aromatic nitrogens is 3. The lowest BCUT2D eigenvalue weighted by Gasteiger charge is -2.03. The topological polar surface area (TPSA) is 68.0 Å². The minimum atomic E-state index is -0.953. The molecule has 5 nitrogen and oxygen atoms in total. The van der Waals surface area contributed by atoms with E-state index >= 15 is 0 Å². The van der Waals surface area contributed by atoms with E-state index in [-0.39, 0.29) is 5.56 Å². The number of thiophene rings is 1. The second-order valence-corrected chi connectivity index (χ2v) is 5.15. The second kappa shape index (κ2) is 4.81. The first-order chi connectivity index (χ1) is 9.25. The lowest BCUT2D eigenvalue weighted by Crippen LogP contribution is -2.06. The molecule has 1 N–H and O–H groups in total. The fourth-order valence-corrected chi connectivity index (χ4v) is 2.73. The minimum Gasteiger partial charge on any atom is -0.478 e. The van der Waals surface area contributed by atoms with Crippen LogP contribution in [0.4, 0.5) is 0 Å². The molecule has 3 aromatic rings. The fraction of sp³-hybridized carbons (Fsp3) is 0.154. The molecule has 0 atom stereocenters. The van der Waals surface area contributed by atoms with Gasteiger partial charge in [0.15, 0.2) is 0 Å². The van der Waals surface area contributed by atoms with Crippen LogP contribution in [0.5, 0.6) is 0 Å². The number of benzene rings is 1. The lowest BCUT2D eigenvalue weighted by atomic mass is 10.2. The zero-order chi connectivity index (χ0) is 13.2. The van der Waals surface area contributed by atoms with Crippen molar-refractivity contribution in [2.45, 2.75) is 13.0 Å². The van der Waals surface area contributed by atoms with Gasteiger partial charge < -0.3 is 5.11 Å². The molecule has 0 saturated carbocycles. The summed E-state index contributed by atoms with van der Waals surface area (Å²) in [6.45, 7) is 0.626. The molecule has 0 unspecified atom stereocenters. The lowest BCUT2D eigenvalue weighted by molar-refractivity contribution is 0.0698. The van der Waals surface area contributed by atoms with Crippen molar-refractivity contribution in [1.29, 1.82) is 0 Å². The summed E-state index contributed by atoms with van der Waals surface area (Å²) in [6, 6.07) is 9.10. The number of para-hydroxylation sites is 1. The van der Waals surface area contributed by atoms with Crippen LogP contribution in [0.3, 0.4) is 0 Å². The molecular formula is C13H11N3O2S. The Morgan fingerprint density at radius 1 is 1.32 bits per heavy atom. The highest BCUT2D eigenvalue weighted by Crippen LogP contribution is 2.18. The van der Waals surface area contributed by atoms with Crippen LogP contribution in [0.15, 0.2) is 35.7 Å². The van der Waals surface area contributed by atoms with Gasteiger partial charge in [0.2, 0.25) is 0 Å². The molecule has 0 aliphatic heterocycles. The highest BCUT2D eigenvalue weighted by Gasteiger charge is 2.14. The van der Waals surface area contributed by atoms with Crippen LogP contribution in [-0.2, 0) is 13.0 Å². The van der Waals surface area contributed by atoms with Gasteiger partial charge in [0.1, 0.15) is 11.0 Å². The van der Waals surface area contributed by atoms with Crippen LogP contribution in [0.2, 0.25) is 0 Å². The Balaban J connectivity index is 1.97. The molecule has 0 fully saturated rings. The molecule has 0 aliphatic rings. The third-order valence-electron chi connectivity index (χ3n) is 2.91. The van der Waals surface area contributed by atoms with E-state index in [0.717, 1.165) is 6.42 Å². The number of carbonyl (C=O) groups is 1. The van der Waals surface area contributed by atoms with E-state index in [1.807, 2.05) is 11.4 Å². The predicted octanol–water partition coefficient (Wildman–Crippen LogP) is 2.43. The Labute approximate surface area is 113 Å². The normalized spacial score (nSPS) is 10.9. The molecule has 2 aromatic heterocycles. The van der Waals surface area contributed by atoms with Gasteiger partial charge in [0.25, 0.3) is 0 Å². The second-order valence-electron chi connectivity index (χ2n) is 4.12. The number of aromatic carboxylic acids is 1. The van der Waals surface area contributed by atoms with E-state index in [1.54, 1.807) is 34.2 Å². The van der Waals surface area contributed by atoms with Gasteiger partial charge in [0, 0.05) is 17.8 Å². The number of carboxylic acids is 1. The summed E-state index contributed by atoms with van der Waals surface area (Å²) < 4.78 is 1.67. The van der Waals surface area contributed by atoms with Gasteiger partial charge in [-0.1, -0.05) is 17.3 Å². The highest BCUT2D eigenvalue weighted by molar-refractivity contribution is 7.09. The zero-order valence-corrected chi connectivity index (χ0v) is 10.8. The summed E-state index contributed by atoms with van der Waals surface area (Å²) in [5, 5.41) is 19.3. The van der Waals surface area contributed by atoms with E-state index < -0.39 is 5.97 Å². The number of rotatable bonds is 4. The Morgan fingerprint density at radius 2 is 2.21 bits per heavy atom. The van der Waals surface area contributed by atoms with Crippen molar-refractivity contribution in [2.75, 3.05) is 0 Å².